The van der Waals surface area contributed by atoms with Gasteiger partial charge in [0.2, 0.25) is 5.91 Å². The van der Waals surface area contributed by atoms with E-state index >= 15 is 0 Å². The van der Waals surface area contributed by atoms with E-state index in [0.29, 0.717) is 0 Å². The van der Waals surface area contributed by atoms with Crippen molar-refractivity contribution in [1.82, 2.24) is 46.3 Å². The number of carboxylic acid groups (broad SMARTS) is 4. The molecule has 18 atom stereocenters. The van der Waals surface area contributed by atoms with Gasteiger partial charge >= 0.3 is 39.9 Å². The van der Waals surface area contributed by atoms with Crippen LogP contribution < -0.4 is 42.0 Å². The molecule has 0 aromatic rings. The Morgan fingerprint density at radius 1 is 0.436 bits per heavy atom. The molecule has 0 aliphatic heterocycles. The third-order valence-electron chi connectivity index (χ3n) is 14.0. The van der Waals surface area contributed by atoms with Crippen LogP contribution in [0.4, 0.5) is 0 Å². The van der Waals surface area contributed by atoms with Crippen molar-refractivity contribution in [2.24, 2.45) is 0 Å². The van der Waals surface area contributed by atoms with Gasteiger partial charge in [0.05, 0.1) is 82.2 Å². The Bertz CT molecular complexity index is 2050. The summed E-state index contributed by atoms with van der Waals surface area (Å²) >= 11 is 0. The maximum Gasteiger partial charge on any atom is 3.00 e. The summed E-state index contributed by atoms with van der Waals surface area (Å²) in [6.07, 6.45) is -34.8. The Balaban J connectivity index is 0. The van der Waals surface area contributed by atoms with Gasteiger partial charge in [-0.1, -0.05) is 6.92 Å². The number of hydrogen-bond donors (Lipinski definition) is 24. The largest absolute Gasteiger partial charge is 3.00 e. The Kier molecular flexibility index (Phi) is 49.9. The molecule has 0 aliphatic rings. The van der Waals surface area contributed by atoms with Crippen molar-refractivity contribution in [3.05, 3.63) is 0 Å². The molecule has 3 amide bonds. The fourth-order valence-corrected chi connectivity index (χ4v) is 8.28. The van der Waals surface area contributed by atoms with Crippen LogP contribution >= 0.6 is 0 Å². The first kappa shape index (κ1) is 92.5. The number of aliphatic carboxylic acids is 4. The average Bonchev–Trinajstić information content (AvgIpc) is 1.11. The molecule has 551 valence electrons. The zero-order chi connectivity index (χ0) is 71.2. The summed E-state index contributed by atoms with van der Waals surface area (Å²) in [7, 11) is 0. The summed E-state index contributed by atoms with van der Waals surface area (Å²) in [5.74, 6) is -11.1. The van der Waals surface area contributed by atoms with Crippen molar-refractivity contribution >= 4 is 41.6 Å². The van der Waals surface area contributed by atoms with Crippen molar-refractivity contribution in [1.29, 1.82) is 0 Å². The monoisotopic (exact) mass is 1520 g/mol. The van der Waals surface area contributed by atoms with Crippen LogP contribution in [-0.4, -0.2) is 423 Å². The number of aliphatic hydroxyl groups is 20. The van der Waals surface area contributed by atoms with Gasteiger partial charge in [-0.05, 0) is 13.0 Å². The standard InChI is InChI=1S/C50H97N9O34.Gd/c1-2-55(12-14-57(18-35(71)72)26(49(87)88)3-16-93-59(10-4-51-47(85)45(83)43(81)39(77)30(66)22-62)11-5-52-48(86)46(84)44(82)40(78)31(67)23-63)13-15-58(19-36(73)74)27(50(89)90)17-34(70)56(8-6-53-91-24-32(68)41(79)37(75)28(64)20-60)9-7-54-92-25-33(69)42(80)38(76)29(65)21-61;/h26-33,37-46,53-54,60-69,75-84H,2-25H2,1H3,(H,51,85)(H,52,86)(H,71,72)(H,73,74)(H,87,88)(H,89,90);/q;+3/p-4. The van der Waals surface area contributed by atoms with E-state index in [0.717, 1.165) is 19.8 Å². The summed E-state index contributed by atoms with van der Waals surface area (Å²) in [6.45, 7) is -11.7. The van der Waals surface area contributed by atoms with E-state index in [1.165, 1.54) is 4.90 Å². The Hall–Kier alpha value is -3.55. The van der Waals surface area contributed by atoms with Crippen LogP contribution in [0.1, 0.15) is 19.8 Å². The Morgan fingerprint density at radius 2 is 0.777 bits per heavy atom. The number of nitrogens with one attached hydrogen (secondary N) is 4. The van der Waals surface area contributed by atoms with Gasteiger partial charge in [-0.2, -0.15) is 5.06 Å². The molecule has 43 nitrogen and oxygen atoms in total. The molecule has 0 aromatic carbocycles. The summed E-state index contributed by atoms with van der Waals surface area (Å²) in [5, 5.41) is 250. The number of hydrogen-bond acceptors (Lipinski definition) is 40. The minimum Gasteiger partial charge on any atom is -0.549 e. The number of rotatable bonds is 57. The Labute approximate surface area is 569 Å². The topological polar surface area (TPSA) is 708 Å². The van der Waals surface area contributed by atoms with E-state index in [9.17, 15) is 136 Å². The zero-order valence-electron chi connectivity index (χ0n) is 51.1. The first-order valence-electron chi connectivity index (χ1n) is 28.9. The number of carbonyl (C=O) groups is 7. The van der Waals surface area contributed by atoms with E-state index in [1.807, 2.05) is 0 Å². The third-order valence-corrected chi connectivity index (χ3v) is 14.0. The molecule has 0 spiro atoms. The molecular weight excluding hydrogens is 1430 g/mol. The van der Waals surface area contributed by atoms with Crippen LogP contribution in [0.15, 0.2) is 0 Å². The van der Waals surface area contributed by atoms with Gasteiger partial charge in [0.1, 0.15) is 85.5 Å². The molecule has 0 fully saturated rings. The second-order valence-electron chi connectivity index (χ2n) is 20.9. The minimum absolute atomic E-state index is 0. The van der Waals surface area contributed by atoms with E-state index in [-0.39, 0.29) is 85.8 Å². The van der Waals surface area contributed by atoms with Gasteiger partial charge in [-0.3, -0.25) is 38.7 Å². The molecule has 44 heteroatoms. The van der Waals surface area contributed by atoms with Crippen LogP contribution in [0.25, 0.3) is 0 Å². The fourth-order valence-electron chi connectivity index (χ4n) is 8.28. The molecule has 24 N–H and O–H groups in total. The minimum atomic E-state index is -2.39. The molecule has 0 rings (SSSR count). The molecule has 0 saturated carbocycles. The normalized spacial score (nSPS) is 17.8. The Morgan fingerprint density at radius 3 is 1.11 bits per heavy atom. The van der Waals surface area contributed by atoms with Gasteiger partial charge in [0.15, 0.2) is 12.2 Å². The van der Waals surface area contributed by atoms with E-state index in [1.54, 1.807) is 6.92 Å². The number of aliphatic hydroxyl groups excluding tert-OH is 20. The van der Waals surface area contributed by atoms with E-state index in [2.05, 4.69) is 21.6 Å². The van der Waals surface area contributed by atoms with Gasteiger partial charge in [0.25, 0.3) is 11.8 Å². The number of likely N-dealkylation sites (N-methyl/N-ethyl adjacent to an activating group) is 1. The second-order valence-corrected chi connectivity index (χ2v) is 20.9. The van der Waals surface area contributed by atoms with Crippen molar-refractivity contribution in [3.63, 3.8) is 0 Å². The van der Waals surface area contributed by atoms with Crippen molar-refractivity contribution in [3.8, 4) is 0 Å². The summed E-state index contributed by atoms with van der Waals surface area (Å²) in [6, 6.07) is -3.87. The quantitative estimate of drug-likeness (QED) is 0.0199. The number of nitrogens with zero attached hydrogens (tertiary/aromatic N) is 5. The van der Waals surface area contributed by atoms with Crippen LogP contribution in [0, 0.1) is 39.9 Å². The SMILES string of the molecule is CCN(CCN(CC(=O)[O-])C(CCON(CCNC(=O)C(O)C(O)C(O)C(O)CO)CCNC(=O)C(O)C(O)C(O)C(O)CO)C(=O)[O-])CCN(CC(=O)[O-])C(CC(=O)N(CCNOCC(O)C(O)C(O)C(O)CO)CCNOCC(O)C(O)C(O)C(O)CO)C(=O)[O-].[Gd+3]. The maximum absolute atomic E-state index is 13.9. The molecule has 0 aromatic heterocycles. The van der Waals surface area contributed by atoms with Gasteiger partial charge in [0, 0.05) is 98.0 Å². The molecule has 0 bridgehead atoms. The molecule has 94 heavy (non-hydrogen) atoms. The van der Waals surface area contributed by atoms with Crippen LogP contribution in [0.5, 0.6) is 0 Å². The van der Waals surface area contributed by atoms with Crippen LogP contribution in [0.2, 0.25) is 0 Å². The smallest absolute Gasteiger partial charge is 0.549 e. The van der Waals surface area contributed by atoms with Gasteiger partial charge in [-0.25, -0.2) is 11.0 Å². The summed E-state index contributed by atoms with van der Waals surface area (Å²) < 4.78 is 0. The molecule has 0 heterocycles. The van der Waals surface area contributed by atoms with E-state index in [4.69, 9.17) is 34.9 Å². The molecule has 0 aliphatic carbocycles. The number of carboxylic acids is 4. The first-order chi connectivity index (χ1) is 43.7. The maximum atomic E-state index is 13.9. The fraction of sp³-hybridized carbons (Fsp3) is 0.860. The summed E-state index contributed by atoms with van der Waals surface area (Å²) in [5.41, 5.74) is 4.66. The third kappa shape index (κ3) is 35.3. The van der Waals surface area contributed by atoms with Crippen molar-refractivity contribution in [2.75, 3.05) is 144 Å². The zero-order valence-corrected chi connectivity index (χ0v) is 53.4. The number of hydroxylamine groups is 4. The van der Waals surface area contributed by atoms with E-state index < -0.39 is 263 Å². The van der Waals surface area contributed by atoms with Crippen molar-refractivity contribution in [2.45, 2.75) is 130 Å². The average molecular weight is 1520 g/mol. The van der Waals surface area contributed by atoms with Gasteiger partial charge in [-0.15, -0.1) is 0 Å². The first-order valence-corrected chi connectivity index (χ1v) is 28.9. The second kappa shape index (κ2) is 50.7. The molecular formula is C50H93GdN9O34-. The van der Waals surface area contributed by atoms with Crippen molar-refractivity contribution < 1.29 is 211 Å². The van der Waals surface area contributed by atoms with Gasteiger partial charge < -0.3 is 162 Å². The number of carbonyl (C=O) groups excluding carboxylic acids is 7. The molecule has 0 saturated heterocycles. The summed E-state index contributed by atoms with van der Waals surface area (Å²) in [4.78, 5) is 108. The molecule has 18 unspecified atom stereocenters. The predicted molar refractivity (Wildman–Crippen MR) is 295 cm³/mol. The van der Waals surface area contributed by atoms with Crippen LogP contribution in [-0.2, 0) is 48.1 Å². The molecule has 1 radical (unpaired) electrons. The predicted octanol–water partition coefficient (Wildman–Crippen LogP) is -22.5. The number of amides is 3. The van der Waals surface area contributed by atoms with Crippen LogP contribution in [0.3, 0.4) is 0 Å².